The molecule has 0 amide bonds. The van der Waals surface area contributed by atoms with Gasteiger partial charge in [0, 0.05) is 6.42 Å². The van der Waals surface area contributed by atoms with E-state index in [9.17, 15) is 8.42 Å². The molecule has 0 fully saturated rings. The lowest BCUT2D eigenvalue weighted by Crippen LogP contribution is -2.15. The van der Waals surface area contributed by atoms with Crippen LogP contribution in [0, 0.1) is 0 Å². The Bertz CT molecular complexity index is 2280. The third-order valence-electron chi connectivity index (χ3n) is 8.04. The molecule has 5 heteroatoms. The fourth-order valence-corrected chi connectivity index (χ4v) is 7.71. The second-order valence-corrected chi connectivity index (χ2v) is 12.3. The molecule has 2 heterocycles. The number of sulfone groups is 1. The third kappa shape index (κ3) is 3.31. The topological polar surface area (TPSA) is 52.0 Å². The molecule has 1 aliphatic heterocycles. The molecule has 6 aromatic carbocycles. The van der Waals surface area contributed by atoms with Crippen LogP contribution in [0.15, 0.2) is 125 Å². The van der Waals surface area contributed by atoms with Crippen molar-refractivity contribution in [3.05, 3.63) is 121 Å². The highest BCUT2D eigenvalue weighted by atomic mass is 32.2. The lowest BCUT2D eigenvalue weighted by atomic mass is 9.96. The van der Waals surface area contributed by atoms with Crippen LogP contribution < -0.4 is 0 Å². The molecule has 192 valence electrons. The Morgan fingerprint density at radius 1 is 0.600 bits per heavy atom. The van der Waals surface area contributed by atoms with Crippen LogP contribution in [0.5, 0.6) is 0 Å². The lowest BCUT2D eigenvalue weighted by Gasteiger charge is -2.21. The van der Waals surface area contributed by atoms with Gasteiger partial charge in [0.05, 0.1) is 26.5 Å². The average molecular weight is 537 g/mol. The van der Waals surface area contributed by atoms with Crippen molar-refractivity contribution in [1.29, 1.82) is 0 Å². The van der Waals surface area contributed by atoms with E-state index in [1.165, 1.54) is 21.9 Å². The number of imidazole rings is 1. The molecule has 0 N–H and O–H groups in total. The molecule has 0 radical (unpaired) electrons. The number of benzene rings is 6. The predicted molar refractivity (Wildman–Crippen MR) is 162 cm³/mol. The molecule has 0 bridgehead atoms. The van der Waals surface area contributed by atoms with Crippen LogP contribution in [0.1, 0.15) is 12.7 Å². The Morgan fingerprint density at radius 2 is 1.18 bits per heavy atom. The van der Waals surface area contributed by atoms with E-state index in [2.05, 4.69) is 78.9 Å². The summed E-state index contributed by atoms with van der Waals surface area (Å²) in [5.41, 5.74) is 6.20. The lowest BCUT2D eigenvalue weighted by molar-refractivity contribution is 0.594. The van der Waals surface area contributed by atoms with Gasteiger partial charge >= 0.3 is 0 Å². The molecular formula is C35H24N2O2S. The molecule has 0 atom stereocenters. The quantitative estimate of drug-likeness (QED) is 0.228. The van der Waals surface area contributed by atoms with Crippen molar-refractivity contribution < 1.29 is 8.42 Å². The van der Waals surface area contributed by atoms with Crippen LogP contribution >= 0.6 is 0 Å². The van der Waals surface area contributed by atoms with Crippen LogP contribution in [-0.4, -0.2) is 18.0 Å². The summed E-state index contributed by atoms with van der Waals surface area (Å²) >= 11 is 0. The summed E-state index contributed by atoms with van der Waals surface area (Å²) in [4.78, 5) is 5.53. The van der Waals surface area contributed by atoms with E-state index in [1.54, 1.807) is 12.1 Å². The summed E-state index contributed by atoms with van der Waals surface area (Å²) in [6.45, 7) is 2.05. The molecule has 0 unspecified atom stereocenters. The van der Waals surface area contributed by atoms with Crippen molar-refractivity contribution in [2.75, 3.05) is 0 Å². The van der Waals surface area contributed by atoms with Crippen molar-refractivity contribution >= 4 is 42.4 Å². The van der Waals surface area contributed by atoms with Crippen LogP contribution in [0.25, 0.3) is 60.5 Å². The predicted octanol–water partition coefficient (Wildman–Crippen LogP) is 8.37. The minimum atomic E-state index is -3.69. The number of para-hydroxylation sites is 1. The number of nitrogens with zero attached hydrogens (tertiary/aromatic N) is 2. The van der Waals surface area contributed by atoms with Gasteiger partial charge in [0.15, 0.2) is 0 Å². The SMILES string of the molecule is CCc1nc2cc(-c3ccc4cc(-c5ccc6ccccc6c5)ccc4c3)cc3c2n1-c1ccccc1S3(=O)=O. The van der Waals surface area contributed by atoms with Crippen molar-refractivity contribution in [2.24, 2.45) is 0 Å². The average Bonchev–Trinajstić information content (AvgIpc) is 3.38. The summed E-state index contributed by atoms with van der Waals surface area (Å²) in [5.74, 6) is 0.857. The normalized spacial score (nSPS) is 13.6. The maximum absolute atomic E-state index is 13.8. The minimum Gasteiger partial charge on any atom is -0.294 e. The monoisotopic (exact) mass is 536 g/mol. The van der Waals surface area contributed by atoms with Gasteiger partial charge in [0.1, 0.15) is 5.82 Å². The van der Waals surface area contributed by atoms with E-state index in [1.807, 2.05) is 35.8 Å². The van der Waals surface area contributed by atoms with E-state index in [4.69, 9.17) is 4.98 Å². The summed E-state index contributed by atoms with van der Waals surface area (Å²) in [7, 11) is -3.69. The number of hydrogen-bond acceptors (Lipinski definition) is 3. The summed E-state index contributed by atoms with van der Waals surface area (Å²) in [6.07, 6.45) is 0.702. The van der Waals surface area contributed by atoms with Gasteiger partial charge in [-0.25, -0.2) is 13.4 Å². The van der Waals surface area contributed by atoms with Gasteiger partial charge in [-0.05, 0) is 86.3 Å². The van der Waals surface area contributed by atoms with Crippen molar-refractivity contribution in [1.82, 2.24) is 9.55 Å². The molecular weight excluding hydrogens is 512 g/mol. The summed E-state index contributed by atoms with van der Waals surface area (Å²) in [6, 6.07) is 38.8. The number of aromatic nitrogens is 2. The highest BCUT2D eigenvalue weighted by Gasteiger charge is 2.33. The van der Waals surface area contributed by atoms with Crippen LogP contribution in [0.3, 0.4) is 0 Å². The Kier molecular flexibility index (Phi) is 4.85. The van der Waals surface area contributed by atoms with Crippen molar-refractivity contribution in [3.63, 3.8) is 0 Å². The molecule has 7 aromatic rings. The van der Waals surface area contributed by atoms with Gasteiger partial charge in [0.25, 0.3) is 0 Å². The fourth-order valence-electron chi connectivity index (χ4n) is 6.05. The standard InChI is InChI=1S/C35H24N2O2S/c1-2-34-36-30-20-29(21-33-35(30)37(34)31-9-5-6-10-32(31)40(33,38)39)28-16-15-26-18-25(13-14-27(26)19-28)24-12-11-22-7-3-4-8-23(22)17-24/h3-21H,2H2,1H3. The minimum absolute atomic E-state index is 0.317. The molecule has 0 aliphatic carbocycles. The van der Waals surface area contributed by atoms with Crippen molar-refractivity contribution in [3.8, 4) is 27.9 Å². The Labute approximate surface area is 232 Å². The van der Waals surface area contributed by atoms with Gasteiger partial charge in [0.2, 0.25) is 9.84 Å². The molecule has 4 nitrogen and oxygen atoms in total. The van der Waals surface area contributed by atoms with Crippen LogP contribution in [-0.2, 0) is 16.3 Å². The van der Waals surface area contributed by atoms with Crippen LogP contribution in [0.2, 0.25) is 0 Å². The molecule has 1 aromatic heterocycles. The van der Waals surface area contributed by atoms with Gasteiger partial charge in [-0.2, -0.15) is 0 Å². The second-order valence-electron chi connectivity index (χ2n) is 10.4. The van der Waals surface area contributed by atoms with Gasteiger partial charge < -0.3 is 0 Å². The highest BCUT2D eigenvalue weighted by molar-refractivity contribution is 7.92. The first kappa shape index (κ1) is 23.2. The smallest absolute Gasteiger partial charge is 0.210 e. The Morgan fingerprint density at radius 3 is 1.88 bits per heavy atom. The zero-order chi connectivity index (χ0) is 27.0. The van der Waals surface area contributed by atoms with Crippen LogP contribution in [0.4, 0.5) is 0 Å². The molecule has 8 rings (SSSR count). The maximum Gasteiger partial charge on any atom is 0.210 e. The third-order valence-corrected chi connectivity index (χ3v) is 9.86. The molecule has 0 spiro atoms. The van der Waals surface area contributed by atoms with E-state index in [0.717, 1.165) is 27.7 Å². The number of hydrogen-bond donors (Lipinski definition) is 0. The van der Waals surface area contributed by atoms with Gasteiger partial charge in [-0.1, -0.05) is 79.7 Å². The fraction of sp³-hybridized carbons (Fsp3) is 0.0571. The van der Waals surface area contributed by atoms with E-state index < -0.39 is 9.84 Å². The first-order valence-electron chi connectivity index (χ1n) is 13.4. The first-order valence-corrected chi connectivity index (χ1v) is 14.9. The Hall–Kier alpha value is -4.74. The molecule has 0 saturated carbocycles. The molecule has 40 heavy (non-hydrogen) atoms. The highest BCUT2D eigenvalue weighted by Crippen LogP contribution is 2.42. The zero-order valence-electron chi connectivity index (χ0n) is 21.8. The van der Waals surface area contributed by atoms with E-state index >= 15 is 0 Å². The number of aryl methyl sites for hydroxylation is 1. The largest absolute Gasteiger partial charge is 0.294 e. The summed E-state index contributed by atoms with van der Waals surface area (Å²) in [5, 5.41) is 4.69. The molecule has 1 aliphatic rings. The van der Waals surface area contributed by atoms with Gasteiger partial charge in [-0.3, -0.25) is 4.57 Å². The summed E-state index contributed by atoms with van der Waals surface area (Å²) < 4.78 is 29.6. The zero-order valence-corrected chi connectivity index (χ0v) is 22.6. The maximum atomic E-state index is 13.8. The number of rotatable bonds is 3. The van der Waals surface area contributed by atoms with Crippen molar-refractivity contribution in [2.45, 2.75) is 23.1 Å². The van der Waals surface area contributed by atoms with E-state index in [-0.39, 0.29) is 0 Å². The Balaban J connectivity index is 1.27. The van der Waals surface area contributed by atoms with E-state index in [0.29, 0.717) is 32.9 Å². The number of fused-ring (bicyclic) bond motifs is 4. The first-order chi connectivity index (χ1) is 19.5. The van der Waals surface area contributed by atoms with Gasteiger partial charge in [-0.15, -0.1) is 0 Å². The molecule has 0 saturated heterocycles. The second kappa shape index (κ2) is 8.38.